The molecule has 0 N–H and O–H groups in total. The minimum absolute atomic E-state index is 0.174. The normalized spacial score (nSPS) is 24.4. The molecule has 0 unspecified atom stereocenters. The number of benzene rings is 2. The third-order valence-electron chi connectivity index (χ3n) is 6.27. The number of ether oxygens (including phenoxy) is 1. The maximum Gasteiger partial charge on any atom is 0.219 e. The molecule has 0 radical (unpaired) electrons. The number of hydrogen-bond donors (Lipinski definition) is 0. The van der Waals surface area contributed by atoms with E-state index in [2.05, 4.69) is 47.1 Å². The molecule has 2 aliphatic rings. The highest BCUT2D eigenvalue weighted by Gasteiger charge is 2.48. The van der Waals surface area contributed by atoms with Gasteiger partial charge in [0.25, 0.3) is 0 Å². The van der Waals surface area contributed by atoms with Crippen LogP contribution in [-0.4, -0.2) is 42.5 Å². The minimum atomic E-state index is 0.174. The van der Waals surface area contributed by atoms with Crippen LogP contribution in [0.5, 0.6) is 5.75 Å². The van der Waals surface area contributed by atoms with Crippen LogP contribution in [0.2, 0.25) is 5.02 Å². The van der Waals surface area contributed by atoms with Gasteiger partial charge in [0.15, 0.2) is 0 Å². The molecule has 0 aromatic heterocycles. The van der Waals surface area contributed by atoms with E-state index in [4.69, 9.17) is 16.3 Å². The standard InChI is InChI=1S/C23H27ClN2O2/c1-15-6-4-5-7-19(15)23-20-14-25(12-18(20)13-26(23)16(2)27)11-17-8-9-22(28-3)21(24)10-17/h4-10,18,20,23H,11-14H2,1-3H3/t18-,20-,23-/m1/s1. The Kier molecular flexibility index (Phi) is 5.35. The van der Waals surface area contributed by atoms with Crippen LogP contribution in [0.4, 0.5) is 0 Å². The first-order chi connectivity index (χ1) is 13.5. The van der Waals surface area contributed by atoms with Gasteiger partial charge in [-0.3, -0.25) is 9.69 Å². The van der Waals surface area contributed by atoms with E-state index in [1.165, 1.54) is 16.7 Å². The van der Waals surface area contributed by atoms with Crippen molar-refractivity contribution in [2.24, 2.45) is 11.8 Å². The Morgan fingerprint density at radius 2 is 1.96 bits per heavy atom. The lowest BCUT2D eigenvalue weighted by atomic mass is 9.87. The molecule has 148 valence electrons. The molecule has 2 aliphatic heterocycles. The Morgan fingerprint density at radius 3 is 2.64 bits per heavy atom. The second kappa shape index (κ2) is 7.76. The first-order valence-corrected chi connectivity index (χ1v) is 10.2. The second-order valence-electron chi connectivity index (χ2n) is 8.06. The highest BCUT2D eigenvalue weighted by atomic mass is 35.5. The van der Waals surface area contributed by atoms with Crippen molar-refractivity contribution in [2.45, 2.75) is 26.4 Å². The number of amides is 1. The summed E-state index contributed by atoms with van der Waals surface area (Å²) in [5.41, 5.74) is 3.75. The van der Waals surface area contributed by atoms with Crippen LogP contribution < -0.4 is 4.74 Å². The number of fused-ring (bicyclic) bond motifs is 1. The number of likely N-dealkylation sites (tertiary alicyclic amines) is 2. The van der Waals surface area contributed by atoms with Crippen molar-refractivity contribution >= 4 is 17.5 Å². The van der Waals surface area contributed by atoms with E-state index in [9.17, 15) is 4.79 Å². The van der Waals surface area contributed by atoms with Gasteiger partial charge in [0, 0.05) is 39.0 Å². The van der Waals surface area contributed by atoms with Crippen LogP contribution >= 0.6 is 11.6 Å². The molecule has 0 saturated carbocycles. The second-order valence-corrected chi connectivity index (χ2v) is 8.47. The largest absolute Gasteiger partial charge is 0.495 e. The number of halogens is 1. The molecule has 2 heterocycles. The third-order valence-corrected chi connectivity index (χ3v) is 6.57. The summed E-state index contributed by atoms with van der Waals surface area (Å²) >= 11 is 6.30. The first-order valence-electron chi connectivity index (χ1n) is 9.85. The van der Waals surface area contributed by atoms with E-state index >= 15 is 0 Å². The molecule has 4 nitrogen and oxygen atoms in total. The lowest BCUT2D eigenvalue weighted by molar-refractivity contribution is -0.130. The van der Waals surface area contributed by atoms with Gasteiger partial charge in [-0.05, 0) is 41.7 Å². The average molecular weight is 399 g/mol. The molecule has 2 saturated heterocycles. The number of carbonyl (C=O) groups excluding carboxylic acids is 1. The molecular formula is C23H27ClN2O2. The molecule has 4 rings (SSSR count). The number of methoxy groups -OCH3 is 1. The Balaban J connectivity index is 1.54. The quantitative estimate of drug-likeness (QED) is 0.769. The summed E-state index contributed by atoms with van der Waals surface area (Å²) in [6, 6.07) is 14.7. The molecule has 2 aromatic rings. The summed E-state index contributed by atoms with van der Waals surface area (Å²) in [5, 5.41) is 0.653. The molecular weight excluding hydrogens is 372 g/mol. The Hall–Kier alpha value is -2.04. The summed E-state index contributed by atoms with van der Waals surface area (Å²) in [7, 11) is 1.63. The molecule has 1 amide bonds. The molecule has 2 fully saturated rings. The predicted octanol–water partition coefficient (Wildman–Crippen LogP) is 4.31. The molecule has 5 heteroatoms. The van der Waals surface area contributed by atoms with Crippen LogP contribution in [0.15, 0.2) is 42.5 Å². The van der Waals surface area contributed by atoms with Crippen molar-refractivity contribution < 1.29 is 9.53 Å². The fourth-order valence-corrected chi connectivity index (χ4v) is 5.25. The van der Waals surface area contributed by atoms with Crippen LogP contribution in [-0.2, 0) is 11.3 Å². The Bertz CT molecular complexity index is 885. The van der Waals surface area contributed by atoms with Crippen LogP contribution in [0.25, 0.3) is 0 Å². The van der Waals surface area contributed by atoms with Crippen molar-refractivity contribution in [1.29, 1.82) is 0 Å². The van der Waals surface area contributed by atoms with Gasteiger partial charge in [0.05, 0.1) is 18.2 Å². The van der Waals surface area contributed by atoms with E-state index in [1.807, 2.05) is 12.1 Å². The predicted molar refractivity (Wildman–Crippen MR) is 112 cm³/mol. The number of nitrogens with zero attached hydrogens (tertiary/aromatic N) is 2. The lowest BCUT2D eigenvalue weighted by Crippen LogP contribution is -2.34. The van der Waals surface area contributed by atoms with Gasteiger partial charge in [-0.15, -0.1) is 0 Å². The van der Waals surface area contributed by atoms with Crippen molar-refractivity contribution in [2.75, 3.05) is 26.7 Å². The van der Waals surface area contributed by atoms with E-state index < -0.39 is 0 Å². The summed E-state index contributed by atoms with van der Waals surface area (Å²) in [5.74, 6) is 1.87. The van der Waals surface area contributed by atoms with Gasteiger partial charge in [-0.25, -0.2) is 0 Å². The number of carbonyl (C=O) groups is 1. The van der Waals surface area contributed by atoms with E-state index in [-0.39, 0.29) is 11.9 Å². The zero-order valence-electron chi connectivity index (χ0n) is 16.7. The van der Waals surface area contributed by atoms with Gasteiger partial charge < -0.3 is 9.64 Å². The zero-order valence-corrected chi connectivity index (χ0v) is 17.4. The fraction of sp³-hybridized carbons (Fsp3) is 0.435. The smallest absolute Gasteiger partial charge is 0.219 e. The maximum absolute atomic E-state index is 12.3. The van der Waals surface area contributed by atoms with Gasteiger partial charge in [0.1, 0.15) is 5.75 Å². The summed E-state index contributed by atoms with van der Waals surface area (Å²) in [4.78, 5) is 16.9. The zero-order chi connectivity index (χ0) is 19.8. The average Bonchev–Trinajstić information content (AvgIpc) is 3.20. The Morgan fingerprint density at radius 1 is 1.18 bits per heavy atom. The van der Waals surface area contributed by atoms with Gasteiger partial charge in [-0.2, -0.15) is 0 Å². The van der Waals surface area contributed by atoms with Gasteiger partial charge >= 0.3 is 0 Å². The van der Waals surface area contributed by atoms with Crippen molar-refractivity contribution in [1.82, 2.24) is 9.80 Å². The van der Waals surface area contributed by atoms with Crippen LogP contribution in [0.1, 0.15) is 29.7 Å². The monoisotopic (exact) mass is 398 g/mol. The van der Waals surface area contributed by atoms with Crippen molar-refractivity contribution in [3.8, 4) is 5.75 Å². The Labute approximate surface area is 172 Å². The molecule has 28 heavy (non-hydrogen) atoms. The highest BCUT2D eigenvalue weighted by molar-refractivity contribution is 6.32. The first kappa shape index (κ1) is 19.3. The summed E-state index contributed by atoms with van der Waals surface area (Å²) in [6.45, 7) is 7.57. The molecule has 0 spiro atoms. The number of aryl methyl sites for hydroxylation is 1. The molecule has 2 aromatic carbocycles. The van der Waals surface area contributed by atoms with Crippen molar-refractivity contribution in [3.63, 3.8) is 0 Å². The third kappa shape index (κ3) is 3.51. The van der Waals surface area contributed by atoms with E-state index in [0.717, 1.165) is 26.2 Å². The lowest BCUT2D eigenvalue weighted by Gasteiger charge is -2.30. The van der Waals surface area contributed by atoms with Gasteiger partial charge in [0.2, 0.25) is 5.91 Å². The number of hydrogen-bond acceptors (Lipinski definition) is 3. The van der Waals surface area contributed by atoms with E-state index in [0.29, 0.717) is 22.6 Å². The maximum atomic E-state index is 12.3. The van der Waals surface area contributed by atoms with Crippen LogP contribution in [0.3, 0.4) is 0 Å². The topological polar surface area (TPSA) is 32.8 Å². The minimum Gasteiger partial charge on any atom is -0.495 e. The summed E-state index contributed by atoms with van der Waals surface area (Å²) in [6.07, 6.45) is 0. The summed E-state index contributed by atoms with van der Waals surface area (Å²) < 4.78 is 5.26. The molecule has 0 bridgehead atoms. The van der Waals surface area contributed by atoms with E-state index in [1.54, 1.807) is 14.0 Å². The highest BCUT2D eigenvalue weighted by Crippen LogP contribution is 2.46. The fourth-order valence-electron chi connectivity index (χ4n) is 4.97. The molecule has 0 aliphatic carbocycles. The molecule has 3 atom stereocenters. The van der Waals surface area contributed by atoms with Crippen LogP contribution in [0, 0.1) is 18.8 Å². The van der Waals surface area contributed by atoms with Crippen molar-refractivity contribution in [3.05, 3.63) is 64.2 Å². The van der Waals surface area contributed by atoms with Gasteiger partial charge in [-0.1, -0.05) is 41.9 Å². The SMILES string of the molecule is COc1ccc(CN2C[C@@H]3CN(C(C)=O)[C@H](c4ccccc4C)[C@@H]3C2)cc1Cl. The number of rotatable bonds is 4.